The third-order valence-corrected chi connectivity index (χ3v) is 3.08. The second-order valence-electron chi connectivity index (χ2n) is 4.44. The topological polar surface area (TPSA) is 18.5 Å². The van der Waals surface area contributed by atoms with E-state index in [4.69, 9.17) is 9.47 Å². The lowest BCUT2D eigenvalue weighted by Crippen LogP contribution is -2.17. The molecule has 0 aromatic heterocycles. The van der Waals surface area contributed by atoms with Gasteiger partial charge in [-0.15, -0.1) is 0 Å². The van der Waals surface area contributed by atoms with Crippen molar-refractivity contribution in [2.24, 2.45) is 0 Å². The molecule has 1 aromatic rings. The summed E-state index contributed by atoms with van der Waals surface area (Å²) in [5, 5.41) is 0. The van der Waals surface area contributed by atoms with Crippen LogP contribution in [0.4, 0.5) is 0 Å². The minimum Gasteiger partial charge on any atom is -0.382 e. The molecule has 0 aliphatic heterocycles. The molecule has 0 amide bonds. The van der Waals surface area contributed by atoms with Gasteiger partial charge in [-0.25, -0.2) is 0 Å². The fourth-order valence-electron chi connectivity index (χ4n) is 1.96. The average molecular weight is 236 g/mol. The zero-order valence-electron chi connectivity index (χ0n) is 11.2. The highest BCUT2D eigenvalue weighted by Crippen LogP contribution is 2.22. The van der Waals surface area contributed by atoms with E-state index in [1.165, 1.54) is 5.56 Å². The van der Waals surface area contributed by atoms with Gasteiger partial charge in [0, 0.05) is 7.11 Å². The van der Waals surface area contributed by atoms with Crippen molar-refractivity contribution in [2.75, 3.05) is 20.3 Å². The molecular weight excluding hydrogens is 212 g/mol. The smallest absolute Gasteiger partial charge is 0.0704 e. The predicted molar refractivity (Wildman–Crippen MR) is 71.4 cm³/mol. The first-order valence-corrected chi connectivity index (χ1v) is 6.43. The summed E-state index contributed by atoms with van der Waals surface area (Å²) in [5.74, 6) is 0.545. The Balaban J connectivity index is 2.39. The molecule has 0 radical (unpaired) electrons. The fraction of sp³-hybridized carbons (Fsp3) is 0.600. The van der Waals surface area contributed by atoms with Crippen molar-refractivity contribution in [2.45, 2.75) is 38.7 Å². The Labute approximate surface area is 105 Å². The molecule has 2 heteroatoms. The molecule has 0 bridgehead atoms. The lowest BCUT2D eigenvalue weighted by Gasteiger charge is -2.20. The molecule has 1 rings (SSSR count). The van der Waals surface area contributed by atoms with Crippen molar-refractivity contribution in [1.82, 2.24) is 0 Å². The summed E-state index contributed by atoms with van der Waals surface area (Å²) in [7, 11) is 1.71. The van der Waals surface area contributed by atoms with E-state index in [2.05, 4.69) is 44.2 Å². The van der Waals surface area contributed by atoms with Crippen molar-refractivity contribution >= 4 is 0 Å². The highest BCUT2D eigenvalue weighted by Gasteiger charge is 2.13. The van der Waals surface area contributed by atoms with Gasteiger partial charge < -0.3 is 9.47 Å². The molecule has 0 aliphatic rings. The van der Waals surface area contributed by atoms with Gasteiger partial charge in [0.1, 0.15) is 0 Å². The Hall–Kier alpha value is -0.860. The third kappa shape index (κ3) is 5.33. The Bertz CT molecular complexity index is 284. The molecule has 2 nitrogen and oxygen atoms in total. The Kier molecular flexibility index (Phi) is 6.90. The summed E-state index contributed by atoms with van der Waals surface area (Å²) in [6.07, 6.45) is 2.46. The number of benzene rings is 1. The molecule has 0 saturated heterocycles. The van der Waals surface area contributed by atoms with Crippen LogP contribution in [0.15, 0.2) is 30.3 Å². The maximum atomic E-state index is 5.80. The van der Waals surface area contributed by atoms with Gasteiger partial charge in [0.2, 0.25) is 0 Å². The predicted octanol–water partition coefficient (Wildman–Crippen LogP) is 3.62. The van der Waals surface area contributed by atoms with E-state index in [-0.39, 0.29) is 0 Å². The summed E-state index contributed by atoms with van der Waals surface area (Å²) in [5.41, 5.74) is 1.39. The standard InChI is InChI=1S/C15H24O2/c1-4-15(17-11-10-16-3)12-13(2)14-8-6-5-7-9-14/h5-9,13,15H,4,10-12H2,1-3H3. The first-order valence-electron chi connectivity index (χ1n) is 6.43. The van der Waals surface area contributed by atoms with Crippen LogP contribution in [-0.2, 0) is 9.47 Å². The van der Waals surface area contributed by atoms with Gasteiger partial charge in [-0.2, -0.15) is 0 Å². The molecule has 0 aliphatic carbocycles. The van der Waals surface area contributed by atoms with E-state index >= 15 is 0 Å². The first kappa shape index (κ1) is 14.2. The SMILES string of the molecule is CCC(CC(C)c1ccccc1)OCCOC. The monoisotopic (exact) mass is 236 g/mol. The van der Waals surface area contributed by atoms with Gasteiger partial charge in [0.05, 0.1) is 19.3 Å². The molecule has 96 valence electrons. The van der Waals surface area contributed by atoms with E-state index < -0.39 is 0 Å². The summed E-state index contributed by atoms with van der Waals surface area (Å²) < 4.78 is 10.8. The molecule has 0 N–H and O–H groups in total. The van der Waals surface area contributed by atoms with Gasteiger partial charge in [-0.05, 0) is 24.3 Å². The Morgan fingerprint density at radius 1 is 1.12 bits per heavy atom. The van der Waals surface area contributed by atoms with Crippen molar-refractivity contribution in [3.63, 3.8) is 0 Å². The van der Waals surface area contributed by atoms with Gasteiger partial charge >= 0.3 is 0 Å². The molecule has 0 heterocycles. The molecule has 1 aromatic carbocycles. The van der Waals surface area contributed by atoms with Crippen LogP contribution >= 0.6 is 0 Å². The van der Waals surface area contributed by atoms with Gasteiger partial charge in [0.25, 0.3) is 0 Å². The summed E-state index contributed by atoms with van der Waals surface area (Å²) >= 11 is 0. The maximum absolute atomic E-state index is 5.80. The van der Waals surface area contributed by atoms with Gasteiger partial charge in [-0.3, -0.25) is 0 Å². The molecule has 0 saturated carbocycles. The molecule has 0 spiro atoms. The van der Waals surface area contributed by atoms with E-state index in [1.807, 2.05) is 0 Å². The van der Waals surface area contributed by atoms with Gasteiger partial charge in [0.15, 0.2) is 0 Å². The van der Waals surface area contributed by atoms with Crippen LogP contribution < -0.4 is 0 Å². The van der Waals surface area contributed by atoms with E-state index in [0.29, 0.717) is 25.2 Å². The maximum Gasteiger partial charge on any atom is 0.0704 e. The minimum atomic E-state index is 0.334. The number of ether oxygens (including phenoxy) is 2. The third-order valence-electron chi connectivity index (χ3n) is 3.08. The van der Waals surface area contributed by atoms with Crippen LogP contribution in [0.3, 0.4) is 0 Å². The van der Waals surface area contributed by atoms with E-state index in [9.17, 15) is 0 Å². The average Bonchev–Trinajstić information content (AvgIpc) is 2.38. The van der Waals surface area contributed by atoms with Crippen molar-refractivity contribution in [3.05, 3.63) is 35.9 Å². The highest BCUT2D eigenvalue weighted by molar-refractivity contribution is 5.18. The van der Waals surface area contributed by atoms with Crippen LogP contribution in [0.1, 0.15) is 38.2 Å². The normalized spacial score (nSPS) is 14.5. The minimum absolute atomic E-state index is 0.334. The van der Waals surface area contributed by atoms with E-state index in [1.54, 1.807) is 7.11 Å². The second-order valence-corrected chi connectivity index (χ2v) is 4.44. The summed E-state index contributed by atoms with van der Waals surface area (Å²) in [6.45, 7) is 5.81. The van der Waals surface area contributed by atoms with Crippen molar-refractivity contribution in [1.29, 1.82) is 0 Å². The van der Waals surface area contributed by atoms with Crippen LogP contribution in [0.2, 0.25) is 0 Å². The fourth-order valence-corrected chi connectivity index (χ4v) is 1.96. The van der Waals surface area contributed by atoms with Gasteiger partial charge in [-0.1, -0.05) is 44.2 Å². The molecule has 2 unspecified atom stereocenters. The molecular formula is C15H24O2. The number of hydrogen-bond donors (Lipinski definition) is 0. The van der Waals surface area contributed by atoms with Crippen LogP contribution in [0.5, 0.6) is 0 Å². The van der Waals surface area contributed by atoms with Crippen LogP contribution in [0.25, 0.3) is 0 Å². The highest BCUT2D eigenvalue weighted by atomic mass is 16.5. The second kappa shape index (κ2) is 8.26. The number of hydrogen-bond acceptors (Lipinski definition) is 2. The van der Waals surface area contributed by atoms with Crippen molar-refractivity contribution in [3.8, 4) is 0 Å². The van der Waals surface area contributed by atoms with Crippen LogP contribution in [-0.4, -0.2) is 26.4 Å². The molecule has 2 atom stereocenters. The molecule has 0 fully saturated rings. The zero-order chi connectivity index (χ0) is 12.5. The lowest BCUT2D eigenvalue weighted by molar-refractivity contribution is 0.00889. The van der Waals surface area contributed by atoms with Crippen molar-refractivity contribution < 1.29 is 9.47 Å². The largest absolute Gasteiger partial charge is 0.382 e. The first-order chi connectivity index (χ1) is 8.27. The summed E-state index contributed by atoms with van der Waals surface area (Å²) in [4.78, 5) is 0. The number of rotatable bonds is 8. The lowest BCUT2D eigenvalue weighted by atomic mass is 9.94. The zero-order valence-corrected chi connectivity index (χ0v) is 11.2. The quantitative estimate of drug-likeness (QED) is 0.642. The molecule has 17 heavy (non-hydrogen) atoms. The van der Waals surface area contributed by atoms with Crippen LogP contribution in [0, 0.1) is 0 Å². The Morgan fingerprint density at radius 2 is 1.82 bits per heavy atom. The van der Waals surface area contributed by atoms with E-state index in [0.717, 1.165) is 12.8 Å². The number of methoxy groups -OCH3 is 1. The Morgan fingerprint density at radius 3 is 2.41 bits per heavy atom. The summed E-state index contributed by atoms with van der Waals surface area (Å²) in [6, 6.07) is 10.6.